The lowest BCUT2D eigenvalue weighted by Gasteiger charge is -2.24. The van der Waals surface area contributed by atoms with Crippen molar-refractivity contribution < 1.29 is 9.53 Å². The fourth-order valence-corrected chi connectivity index (χ4v) is 2.67. The topological polar surface area (TPSA) is 38.3 Å². The number of carbonyl (C=O) groups is 1. The lowest BCUT2D eigenvalue weighted by atomic mass is 9.96. The number of amides is 1. The van der Waals surface area contributed by atoms with Gasteiger partial charge >= 0.3 is 0 Å². The van der Waals surface area contributed by atoms with Crippen LogP contribution in [-0.4, -0.2) is 12.5 Å². The molecule has 0 spiro atoms. The Kier molecular flexibility index (Phi) is 4.11. The molecule has 0 bridgehead atoms. The molecule has 108 valence electrons. The summed E-state index contributed by atoms with van der Waals surface area (Å²) in [6, 6.07) is 15.4. The maximum Gasteiger partial charge on any atom is 0.227 e. The van der Waals surface area contributed by atoms with Crippen molar-refractivity contribution in [3.05, 3.63) is 64.7 Å². The normalized spacial score (nSPS) is 16.7. The van der Waals surface area contributed by atoms with Crippen LogP contribution in [0.5, 0.6) is 5.75 Å². The van der Waals surface area contributed by atoms with Gasteiger partial charge in [-0.2, -0.15) is 0 Å². The molecule has 1 atom stereocenters. The largest absolute Gasteiger partial charge is 0.492 e. The quantitative estimate of drug-likeness (QED) is 0.945. The van der Waals surface area contributed by atoms with Crippen molar-refractivity contribution in [1.82, 2.24) is 5.32 Å². The zero-order chi connectivity index (χ0) is 14.7. The molecule has 0 saturated carbocycles. The Morgan fingerprint density at radius 2 is 1.95 bits per heavy atom. The highest BCUT2D eigenvalue weighted by Gasteiger charge is 2.25. The van der Waals surface area contributed by atoms with Crippen molar-refractivity contribution >= 4 is 17.5 Å². The van der Waals surface area contributed by atoms with Crippen LogP contribution in [-0.2, 0) is 17.8 Å². The summed E-state index contributed by atoms with van der Waals surface area (Å²) in [7, 11) is 0. The van der Waals surface area contributed by atoms with Gasteiger partial charge in [-0.3, -0.25) is 4.79 Å². The van der Waals surface area contributed by atoms with Crippen LogP contribution in [0.25, 0.3) is 0 Å². The summed E-state index contributed by atoms with van der Waals surface area (Å²) in [5, 5.41) is 3.61. The van der Waals surface area contributed by atoms with Crippen molar-refractivity contribution in [2.75, 3.05) is 6.61 Å². The molecule has 3 rings (SSSR count). The van der Waals surface area contributed by atoms with Crippen molar-refractivity contribution in [3.63, 3.8) is 0 Å². The molecule has 3 nitrogen and oxygen atoms in total. The molecule has 0 unspecified atom stereocenters. The van der Waals surface area contributed by atoms with Gasteiger partial charge in [-0.05, 0) is 29.7 Å². The van der Waals surface area contributed by atoms with Crippen LogP contribution >= 0.6 is 11.6 Å². The van der Waals surface area contributed by atoms with E-state index in [0.717, 1.165) is 16.9 Å². The zero-order valence-corrected chi connectivity index (χ0v) is 12.3. The molecule has 0 aliphatic carbocycles. The number of hydrogen-bond acceptors (Lipinski definition) is 2. The first kappa shape index (κ1) is 14.0. The highest BCUT2D eigenvalue weighted by molar-refractivity contribution is 6.31. The van der Waals surface area contributed by atoms with Gasteiger partial charge in [0, 0.05) is 11.6 Å². The number of rotatable bonds is 3. The minimum atomic E-state index is -0.151. The first-order valence-corrected chi connectivity index (χ1v) is 7.33. The third-order valence-electron chi connectivity index (χ3n) is 3.66. The molecule has 1 aliphatic rings. The zero-order valence-electron chi connectivity index (χ0n) is 11.5. The van der Waals surface area contributed by atoms with Crippen LogP contribution in [0.2, 0.25) is 5.02 Å². The number of hydrogen-bond donors (Lipinski definition) is 1. The van der Waals surface area contributed by atoms with Crippen molar-refractivity contribution in [3.8, 4) is 5.75 Å². The summed E-state index contributed by atoms with van der Waals surface area (Å²) >= 11 is 6.08. The Hall–Kier alpha value is -2.00. The third kappa shape index (κ3) is 3.19. The number of nitrogens with one attached hydrogen (secondary N) is 1. The summed E-state index contributed by atoms with van der Waals surface area (Å²) in [6.45, 7) is 0.863. The van der Waals surface area contributed by atoms with Crippen LogP contribution in [0.1, 0.15) is 11.1 Å². The van der Waals surface area contributed by atoms with E-state index < -0.39 is 0 Å². The maximum atomic E-state index is 12.3. The van der Waals surface area contributed by atoms with E-state index >= 15 is 0 Å². The van der Waals surface area contributed by atoms with E-state index in [0.29, 0.717) is 24.6 Å². The van der Waals surface area contributed by atoms with Gasteiger partial charge in [-0.15, -0.1) is 0 Å². The predicted molar refractivity (Wildman–Crippen MR) is 82.4 cm³/mol. The number of benzene rings is 2. The minimum absolute atomic E-state index is 0.00410. The maximum absolute atomic E-state index is 12.3. The summed E-state index contributed by atoms with van der Waals surface area (Å²) < 4.78 is 5.65. The van der Waals surface area contributed by atoms with E-state index in [-0.39, 0.29) is 11.8 Å². The first-order valence-electron chi connectivity index (χ1n) is 6.96. The van der Waals surface area contributed by atoms with Crippen molar-refractivity contribution in [1.29, 1.82) is 0 Å². The van der Waals surface area contributed by atoms with Gasteiger partial charge in [0.25, 0.3) is 0 Å². The Morgan fingerprint density at radius 1 is 1.19 bits per heavy atom. The molecule has 1 heterocycles. The Bertz CT molecular complexity index is 657. The number of fused-ring (bicyclic) bond motifs is 1. The molecule has 0 radical (unpaired) electrons. The molecule has 0 fully saturated rings. The van der Waals surface area contributed by atoms with Crippen LogP contribution in [0.3, 0.4) is 0 Å². The Labute approximate surface area is 128 Å². The fourth-order valence-electron chi connectivity index (χ4n) is 2.46. The third-order valence-corrected chi connectivity index (χ3v) is 4.03. The van der Waals surface area contributed by atoms with Gasteiger partial charge in [-0.25, -0.2) is 0 Å². The van der Waals surface area contributed by atoms with Crippen LogP contribution in [0, 0.1) is 5.92 Å². The van der Waals surface area contributed by atoms with Crippen molar-refractivity contribution in [2.45, 2.75) is 13.0 Å². The summed E-state index contributed by atoms with van der Waals surface area (Å²) in [6.07, 6.45) is 0.713. The Morgan fingerprint density at radius 3 is 2.81 bits per heavy atom. The molecule has 2 aromatic carbocycles. The monoisotopic (exact) mass is 301 g/mol. The van der Waals surface area contributed by atoms with Gasteiger partial charge in [0.05, 0.1) is 5.92 Å². The number of para-hydroxylation sites is 1. The average molecular weight is 302 g/mol. The van der Waals surface area contributed by atoms with E-state index in [4.69, 9.17) is 16.3 Å². The highest BCUT2D eigenvalue weighted by atomic mass is 35.5. The minimum Gasteiger partial charge on any atom is -0.492 e. The lowest BCUT2D eigenvalue weighted by molar-refractivity contribution is -0.126. The summed E-state index contributed by atoms with van der Waals surface area (Å²) in [4.78, 5) is 12.3. The second-order valence-corrected chi connectivity index (χ2v) is 5.54. The fraction of sp³-hybridized carbons (Fsp3) is 0.235. The number of ether oxygens (including phenoxy) is 1. The van der Waals surface area contributed by atoms with Gasteiger partial charge in [0.2, 0.25) is 5.91 Å². The molecule has 4 heteroatoms. The summed E-state index contributed by atoms with van der Waals surface area (Å²) in [5.41, 5.74) is 2.01. The highest BCUT2D eigenvalue weighted by Crippen LogP contribution is 2.26. The molecular weight excluding hydrogens is 286 g/mol. The van der Waals surface area contributed by atoms with Crippen LogP contribution < -0.4 is 10.1 Å². The van der Waals surface area contributed by atoms with E-state index in [9.17, 15) is 4.79 Å². The van der Waals surface area contributed by atoms with E-state index in [2.05, 4.69) is 5.32 Å². The number of carbonyl (C=O) groups excluding carboxylic acids is 1. The molecule has 1 N–H and O–H groups in total. The Balaban J connectivity index is 1.61. The molecule has 21 heavy (non-hydrogen) atoms. The van der Waals surface area contributed by atoms with E-state index in [1.165, 1.54) is 0 Å². The van der Waals surface area contributed by atoms with Crippen LogP contribution in [0.15, 0.2) is 48.5 Å². The molecule has 0 aromatic heterocycles. The second-order valence-electron chi connectivity index (χ2n) is 5.13. The van der Waals surface area contributed by atoms with Crippen LogP contribution in [0.4, 0.5) is 0 Å². The molecule has 0 saturated heterocycles. The van der Waals surface area contributed by atoms with E-state index in [1.54, 1.807) is 0 Å². The molecular formula is C17H16ClNO2. The smallest absolute Gasteiger partial charge is 0.227 e. The van der Waals surface area contributed by atoms with Gasteiger partial charge in [-0.1, -0.05) is 48.0 Å². The van der Waals surface area contributed by atoms with Crippen molar-refractivity contribution in [2.24, 2.45) is 5.92 Å². The van der Waals surface area contributed by atoms with Gasteiger partial charge in [0.1, 0.15) is 12.4 Å². The molecule has 1 aliphatic heterocycles. The molecule has 2 aromatic rings. The standard InChI is InChI=1S/C17H16ClNO2/c18-15-7-3-1-6-13(15)10-19-17(20)14-9-12-5-2-4-8-16(12)21-11-14/h1-8,14H,9-11H2,(H,19,20)/t14-/m0/s1. The number of halogens is 1. The average Bonchev–Trinajstić information content (AvgIpc) is 2.53. The van der Waals surface area contributed by atoms with Gasteiger partial charge < -0.3 is 10.1 Å². The second kappa shape index (κ2) is 6.19. The van der Waals surface area contributed by atoms with Gasteiger partial charge in [0.15, 0.2) is 0 Å². The SMILES string of the molecule is O=C(NCc1ccccc1Cl)[C@@H]1COc2ccccc2C1. The molecule has 1 amide bonds. The lowest BCUT2D eigenvalue weighted by Crippen LogP contribution is -2.37. The predicted octanol–water partition coefficient (Wildman–Crippen LogP) is 3.21. The summed E-state index contributed by atoms with van der Waals surface area (Å²) in [5.74, 6) is 0.736. The first-order chi connectivity index (χ1) is 10.2. The van der Waals surface area contributed by atoms with E-state index in [1.807, 2.05) is 48.5 Å².